The molecule has 0 spiro atoms. The molecule has 1 unspecified atom stereocenters. The van der Waals surface area contributed by atoms with Crippen molar-refractivity contribution in [1.29, 1.82) is 0 Å². The minimum atomic E-state index is -1.99. The number of Topliss-reactive ketones (excluding diaryl/α,β-unsaturated/α-hetero) is 1. The van der Waals surface area contributed by atoms with Gasteiger partial charge in [0, 0.05) is 11.8 Å². The van der Waals surface area contributed by atoms with E-state index in [0.29, 0.717) is 17.1 Å². The first-order valence-corrected chi connectivity index (χ1v) is 11.7. The number of hydrogen-bond donors (Lipinski definition) is 1. The van der Waals surface area contributed by atoms with E-state index in [9.17, 15) is 9.90 Å². The monoisotopic (exact) mass is 366 g/mol. The zero-order valence-electron chi connectivity index (χ0n) is 17.2. The number of aliphatic hydroxyl groups is 1. The molecule has 4 nitrogen and oxygen atoms in total. The van der Waals surface area contributed by atoms with E-state index >= 15 is 0 Å². The van der Waals surface area contributed by atoms with Gasteiger partial charge in [0.1, 0.15) is 11.5 Å². The number of ether oxygens (including phenoxy) is 1. The first-order valence-electron chi connectivity index (χ1n) is 8.77. The molecule has 0 fully saturated rings. The van der Waals surface area contributed by atoms with Gasteiger partial charge >= 0.3 is 0 Å². The molecule has 0 radical (unpaired) electrons. The van der Waals surface area contributed by atoms with E-state index in [-0.39, 0.29) is 17.2 Å². The summed E-state index contributed by atoms with van der Waals surface area (Å²) in [5, 5.41) is 10.5. The molecular formula is C20H34O4Si. The molecular weight excluding hydrogens is 332 g/mol. The largest absolute Gasteiger partial charge is 0.541 e. The van der Waals surface area contributed by atoms with E-state index < -0.39 is 19.8 Å². The van der Waals surface area contributed by atoms with Crippen LogP contribution >= 0.6 is 0 Å². The van der Waals surface area contributed by atoms with Gasteiger partial charge in [-0.25, -0.2) is 0 Å². The topological polar surface area (TPSA) is 55.8 Å². The van der Waals surface area contributed by atoms with Crippen molar-refractivity contribution in [2.45, 2.75) is 72.2 Å². The first kappa shape index (κ1) is 21.7. The van der Waals surface area contributed by atoms with Crippen molar-refractivity contribution in [1.82, 2.24) is 0 Å². The Balaban J connectivity index is 3.04. The molecule has 0 aliphatic rings. The number of benzene rings is 1. The van der Waals surface area contributed by atoms with Gasteiger partial charge in [0.25, 0.3) is 8.32 Å². The Bertz CT molecular complexity index is 609. The van der Waals surface area contributed by atoms with Crippen molar-refractivity contribution in [3.63, 3.8) is 0 Å². The van der Waals surface area contributed by atoms with Crippen LogP contribution < -0.4 is 9.16 Å². The van der Waals surface area contributed by atoms with Crippen molar-refractivity contribution in [3.05, 3.63) is 23.8 Å². The van der Waals surface area contributed by atoms with Crippen LogP contribution in [0, 0.1) is 5.41 Å². The Hall–Kier alpha value is -1.33. The summed E-state index contributed by atoms with van der Waals surface area (Å²) in [6, 6.07) is 5.41. The van der Waals surface area contributed by atoms with Crippen molar-refractivity contribution < 1.29 is 19.1 Å². The number of carbonyl (C=O) groups excluding carboxylic acids is 1. The summed E-state index contributed by atoms with van der Waals surface area (Å²) in [7, 11) is -0.398. The second kappa shape index (κ2) is 7.50. The predicted octanol–water partition coefficient (Wildman–Crippen LogP) is 5.12. The molecule has 5 heteroatoms. The minimum absolute atomic E-state index is 0.0283. The zero-order valence-corrected chi connectivity index (χ0v) is 18.2. The van der Waals surface area contributed by atoms with Gasteiger partial charge in [-0.15, -0.1) is 0 Å². The van der Waals surface area contributed by atoms with Gasteiger partial charge in [-0.1, -0.05) is 47.6 Å². The highest BCUT2D eigenvalue weighted by Gasteiger charge is 2.39. The lowest BCUT2D eigenvalue weighted by molar-refractivity contribution is -0.128. The maximum atomic E-state index is 12.2. The van der Waals surface area contributed by atoms with Crippen LogP contribution in [0.3, 0.4) is 0 Å². The van der Waals surface area contributed by atoms with E-state index in [2.05, 4.69) is 33.9 Å². The molecule has 0 saturated heterocycles. The molecule has 0 aliphatic heterocycles. The van der Waals surface area contributed by atoms with E-state index in [1.165, 1.54) is 0 Å². The third-order valence-corrected chi connectivity index (χ3v) is 9.30. The molecule has 0 heterocycles. The number of ketones is 1. The third kappa shape index (κ3) is 5.58. The molecule has 0 saturated carbocycles. The normalized spacial score (nSPS) is 14.2. The summed E-state index contributed by atoms with van der Waals surface area (Å²) in [5.74, 6) is 1.30. The van der Waals surface area contributed by atoms with Crippen molar-refractivity contribution in [2.24, 2.45) is 5.41 Å². The molecule has 1 atom stereocenters. The van der Waals surface area contributed by atoms with Gasteiger partial charge < -0.3 is 14.3 Å². The van der Waals surface area contributed by atoms with Crippen molar-refractivity contribution >= 4 is 14.1 Å². The van der Waals surface area contributed by atoms with Gasteiger partial charge in [0.15, 0.2) is 5.75 Å². The Morgan fingerprint density at radius 1 is 1.12 bits per heavy atom. The molecule has 1 aromatic carbocycles. The maximum Gasteiger partial charge on any atom is 0.250 e. The molecule has 1 N–H and O–H groups in total. The standard InChI is InChI=1S/C20H34O4Si/c1-19(2,3)18(22)13-15(21)14-10-11-16(17(12-14)23-7)24-25(8,9)20(4,5)6/h10-12,15,21H,13H2,1-9H3. The number of rotatable bonds is 6. The SMILES string of the molecule is COc1cc(C(O)CC(=O)C(C)(C)C)ccc1O[Si](C)(C)C(C)(C)C. The van der Waals surface area contributed by atoms with E-state index in [1.807, 2.05) is 32.9 Å². The van der Waals surface area contributed by atoms with Gasteiger partial charge in [-0.05, 0) is 35.8 Å². The van der Waals surface area contributed by atoms with Crippen LogP contribution in [0.2, 0.25) is 18.1 Å². The first-order chi connectivity index (χ1) is 11.2. The highest BCUT2D eigenvalue weighted by Crippen LogP contribution is 2.40. The Morgan fingerprint density at radius 3 is 2.12 bits per heavy atom. The number of hydrogen-bond acceptors (Lipinski definition) is 4. The van der Waals surface area contributed by atoms with Crippen molar-refractivity contribution in [2.75, 3.05) is 7.11 Å². The van der Waals surface area contributed by atoms with Gasteiger partial charge in [-0.3, -0.25) is 4.79 Å². The Kier molecular flexibility index (Phi) is 6.51. The van der Waals surface area contributed by atoms with Gasteiger partial charge in [-0.2, -0.15) is 0 Å². The molecule has 142 valence electrons. The lowest BCUT2D eigenvalue weighted by atomic mass is 9.86. The fourth-order valence-corrected chi connectivity index (χ4v) is 3.03. The fourth-order valence-electron chi connectivity index (χ4n) is 2.00. The van der Waals surface area contributed by atoms with Crippen molar-refractivity contribution in [3.8, 4) is 11.5 Å². The van der Waals surface area contributed by atoms with Crippen LogP contribution in [0.15, 0.2) is 18.2 Å². The summed E-state index contributed by atoms with van der Waals surface area (Å²) < 4.78 is 11.8. The average Bonchev–Trinajstić information content (AvgIpc) is 2.44. The van der Waals surface area contributed by atoms with E-state index in [4.69, 9.17) is 9.16 Å². The second-order valence-corrected chi connectivity index (χ2v) is 13.9. The minimum Gasteiger partial charge on any atom is -0.541 e. The third-order valence-electron chi connectivity index (χ3n) is 4.96. The Morgan fingerprint density at radius 2 is 1.68 bits per heavy atom. The highest BCUT2D eigenvalue weighted by molar-refractivity contribution is 6.74. The summed E-state index contributed by atoms with van der Waals surface area (Å²) >= 11 is 0. The van der Waals surface area contributed by atoms with Crippen LogP contribution in [0.1, 0.15) is 59.6 Å². The highest BCUT2D eigenvalue weighted by atomic mass is 28.4. The summed E-state index contributed by atoms with van der Waals surface area (Å²) in [6.45, 7) is 16.5. The second-order valence-electron chi connectivity index (χ2n) is 9.17. The van der Waals surface area contributed by atoms with Crippen LogP contribution in [0.4, 0.5) is 0 Å². The molecule has 0 amide bonds. The molecule has 25 heavy (non-hydrogen) atoms. The number of carbonyl (C=O) groups is 1. The Labute approximate surface area is 153 Å². The van der Waals surface area contributed by atoms with E-state index in [0.717, 1.165) is 0 Å². The maximum absolute atomic E-state index is 12.2. The lowest BCUT2D eigenvalue weighted by Gasteiger charge is -2.36. The summed E-state index contributed by atoms with van der Waals surface area (Å²) in [6.07, 6.45) is -0.753. The van der Waals surface area contributed by atoms with Crippen LogP contribution in [0.25, 0.3) is 0 Å². The number of methoxy groups -OCH3 is 1. The fraction of sp³-hybridized carbons (Fsp3) is 0.650. The molecule has 0 bridgehead atoms. The number of aliphatic hydroxyl groups excluding tert-OH is 1. The molecule has 1 rings (SSSR count). The van der Waals surface area contributed by atoms with E-state index in [1.54, 1.807) is 13.2 Å². The summed E-state index contributed by atoms with van der Waals surface area (Å²) in [5.41, 5.74) is 0.202. The van der Waals surface area contributed by atoms with Crippen LogP contribution in [0.5, 0.6) is 11.5 Å². The van der Waals surface area contributed by atoms with Crippen LogP contribution in [-0.2, 0) is 4.79 Å². The predicted molar refractivity (Wildman–Crippen MR) is 105 cm³/mol. The summed E-state index contributed by atoms with van der Waals surface area (Å²) in [4.78, 5) is 12.2. The van der Waals surface area contributed by atoms with Gasteiger partial charge in [0.2, 0.25) is 0 Å². The average molecular weight is 367 g/mol. The molecule has 0 aromatic heterocycles. The van der Waals surface area contributed by atoms with Crippen LogP contribution in [-0.4, -0.2) is 26.3 Å². The molecule has 0 aliphatic carbocycles. The quantitative estimate of drug-likeness (QED) is 0.710. The zero-order chi connectivity index (χ0) is 19.6. The lowest BCUT2D eigenvalue weighted by Crippen LogP contribution is -2.43. The van der Waals surface area contributed by atoms with Gasteiger partial charge in [0.05, 0.1) is 13.2 Å². The molecule has 1 aromatic rings. The smallest absolute Gasteiger partial charge is 0.250 e.